The zero-order valence-corrected chi connectivity index (χ0v) is 16.2. The summed E-state index contributed by atoms with van der Waals surface area (Å²) in [6.45, 7) is 3.51. The van der Waals surface area contributed by atoms with Crippen molar-refractivity contribution in [2.45, 2.75) is 26.2 Å². The van der Waals surface area contributed by atoms with Crippen LogP contribution in [0.5, 0.6) is 0 Å². The molecule has 0 bridgehead atoms. The number of rotatable bonds is 4. The molecule has 0 spiro atoms. The molecule has 1 aliphatic heterocycles. The Balaban J connectivity index is 1.46. The van der Waals surface area contributed by atoms with Crippen molar-refractivity contribution in [1.29, 1.82) is 0 Å². The summed E-state index contributed by atoms with van der Waals surface area (Å²) < 4.78 is 2.02. The van der Waals surface area contributed by atoms with Crippen LogP contribution in [0.25, 0.3) is 11.4 Å². The van der Waals surface area contributed by atoms with E-state index in [4.69, 9.17) is 4.98 Å². The van der Waals surface area contributed by atoms with Gasteiger partial charge in [-0.2, -0.15) is 0 Å². The lowest BCUT2D eigenvalue weighted by Gasteiger charge is -2.32. The van der Waals surface area contributed by atoms with E-state index in [1.807, 2.05) is 41.9 Å². The van der Waals surface area contributed by atoms with Crippen LogP contribution in [0.3, 0.4) is 0 Å². The highest BCUT2D eigenvalue weighted by atomic mass is 16.2. The molecule has 0 N–H and O–H groups in total. The van der Waals surface area contributed by atoms with E-state index in [0.29, 0.717) is 11.5 Å². The molecule has 0 radical (unpaired) electrons. The van der Waals surface area contributed by atoms with Crippen LogP contribution in [-0.4, -0.2) is 48.4 Å². The van der Waals surface area contributed by atoms with Crippen LogP contribution in [0.4, 0.5) is 0 Å². The first-order chi connectivity index (χ1) is 13.6. The van der Waals surface area contributed by atoms with Gasteiger partial charge in [0.1, 0.15) is 11.5 Å². The number of aromatic nitrogens is 5. The molecule has 1 unspecified atom stereocenters. The van der Waals surface area contributed by atoms with Crippen molar-refractivity contribution in [1.82, 2.24) is 29.4 Å². The van der Waals surface area contributed by atoms with E-state index in [1.54, 1.807) is 24.7 Å². The maximum absolute atomic E-state index is 12.7. The molecule has 1 amide bonds. The largest absolute Gasteiger partial charge is 0.338 e. The van der Waals surface area contributed by atoms with Gasteiger partial charge < -0.3 is 9.47 Å². The van der Waals surface area contributed by atoms with Crippen LogP contribution >= 0.6 is 0 Å². The zero-order valence-electron chi connectivity index (χ0n) is 16.2. The summed E-state index contributed by atoms with van der Waals surface area (Å²) in [5.41, 5.74) is 3.40. The standard InChI is InChI=1S/C21H24N6O/c1-15-24-13-20(26(15)2)19-12-23-11-18(25-19)9-16-5-4-8-27(14-16)21(28)17-6-3-7-22-10-17/h3,6-7,10-13,16H,4-5,8-9,14H2,1-2H3. The smallest absolute Gasteiger partial charge is 0.255 e. The summed E-state index contributed by atoms with van der Waals surface area (Å²) >= 11 is 0. The average molecular weight is 376 g/mol. The van der Waals surface area contributed by atoms with Crippen LogP contribution in [0, 0.1) is 12.8 Å². The van der Waals surface area contributed by atoms with E-state index < -0.39 is 0 Å². The number of imidazole rings is 1. The molecular weight excluding hydrogens is 352 g/mol. The second-order valence-corrected chi connectivity index (χ2v) is 7.35. The second-order valence-electron chi connectivity index (χ2n) is 7.35. The number of carbonyl (C=O) groups excluding carboxylic acids is 1. The highest BCUT2D eigenvalue weighted by molar-refractivity contribution is 5.93. The Bertz CT molecular complexity index is 968. The summed E-state index contributed by atoms with van der Waals surface area (Å²) in [5.74, 6) is 1.38. The van der Waals surface area contributed by atoms with Crippen molar-refractivity contribution in [2.75, 3.05) is 13.1 Å². The molecule has 1 fully saturated rings. The fraction of sp³-hybridized carbons (Fsp3) is 0.381. The van der Waals surface area contributed by atoms with Crippen LogP contribution in [0.1, 0.15) is 34.7 Å². The Morgan fingerprint density at radius 1 is 1.21 bits per heavy atom. The quantitative estimate of drug-likeness (QED) is 0.700. The van der Waals surface area contributed by atoms with E-state index in [2.05, 4.69) is 15.0 Å². The monoisotopic (exact) mass is 376 g/mol. The summed E-state index contributed by atoms with van der Waals surface area (Å²) in [6.07, 6.45) is 11.7. The number of aryl methyl sites for hydroxylation is 1. The van der Waals surface area contributed by atoms with Gasteiger partial charge >= 0.3 is 0 Å². The van der Waals surface area contributed by atoms with Crippen molar-refractivity contribution in [2.24, 2.45) is 13.0 Å². The van der Waals surface area contributed by atoms with E-state index in [-0.39, 0.29) is 5.91 Å². The molecule has 0 saturated carbocycles. The Hall–Kier alpha value is -3.09. The van der Waals surface area contributed by atoms with Gasteiger partial charge in [0, 0.05) is 38.7 Å². The number of hydrogen-bond acceptors (Lipinski definition) is 5. The molecule has 0 aliphatic carbocycles. The molecular formula is C21H24N6O. The summed E-state index contributed by atoms with van der Waals surface area (Å²) in [4.78, 5) is 32.3. The van der Waals surface area contributed by atoms with Crippen LogP contribution < -0.4 is 0 Å². The molecule has 7 nitrogen and oxygen atoms in total. The molecule has 1 saturated heterocycles. The summed E-state index contributed by atoms with van der Waals surface area (Å²) in [5, 5.41) is 0. The number of hydrogen-bond donors (Lipinski definition) is 0. The predicted octanol–water partition coefficient (Wildman–Crippen LogP) is 2.68. The van der Waals surface area contributed by atoms with Gasteiger partial charge in [0.25, 0.3) is 5.91 Å². The number of likely N-dealkylation sites (tertiary alicyclic amines) is 1. The minimum absolute atomic E-state index is 0.0583. The lowest BCUT2D eigenvalue weighted by Crippen LogP contribution is -2.40. The molecule has 28 heavy (non-hydrogen) atoms. The van der Waals surface area contributed by atoms with Gasteiger partial charge in [-0.15, -0.1) is 0 Å². The van der Waals surface area contributed by atoms with Crippen molar-refractivity contribution in [3.8, 4) is 11.4 Å². The van der Waals surface area contributed by atoms with Gasteiger partial charge in [-0.05, 0) is 44.2 Å². The van der Waals surface area contributed by atoms with Crippen molar-refractivity contribution in [3.63, 3.8) is 0 Å². The molecule has 0 aromatic carbocycles. The van der Waals surface area contributed by atoms with Gasteiger partial charge in [0.15, 0.2) is 0 Å². The summed E-state index contributed by atoms with van der Waals surface area (Å²) in [6, 6.07) is 3.62. The number of nitrogens with zero attached hydrogens (tertiary/aromatic N) is 6. The number of carbonyl (C=O) groups is 1. The van der Waals surface area contributed by atoms with Gasteiger partial charge in [-0.25, -0.2) is 9.97 Å². The fourth-order valence-corrected chi connectivity index (χ4v) is 3.75. The zero-order chi connectivity index (χ0) is 19.5. The lowest BCUT2D eigenvalue weighted by atomic mass is 9.93. The maximum atomic E-state index is 12.7. The third-order valence-electron chi connectivity index (χ3n) is 5.38. The minimum Gasteiger partial charge on any atom is -0.338 e. The third kappa shape index (κ3) is 3.78. The minimum atomic E-state index is 0.0583. The lowest BCUT2D eigenvalue weighted by molar-refractivity contribution is 0.0672. The number of amides is 1. The Morgan fingerprint density at radius 3 is 2.86 bits per heavy atom. The molecule has 1 aliphatic rings. The highest BCUT2D eigenvalue weighted by Gasteiger charge is 2.25. The molecule has 7 heteroatoms. The Morgan fingerprint density at radius 2 is 2.11 bits per heavy atom. The van der Waals surface area contributed by atoms with Crippen LogP contribution in [0.2, 0.25) is 0 Å². The second kappa shape index (κ2) is 7.88. The molecule has 1 atom stereocenters. The highest BCUT2D eigenvalue weighted by Crippen LogP contribution is 2.23. The average Bonchev–Trinajstić information content (AvgIpc) is 3.07. The SMILES string of the molecule is Cc1ncc(-c2cncc(CC3CCCN(C(=O)c4cccnc4)C3)n2)n1C. The van der Waals surface area contributed by atoms with Crippen molar-refractivity contribution >= 4 is 5.91 Å². The van der Waals surface area contributed by atoms with Crippen molar-refractivity contribution < 1.29 is 4.79 Å². The van der Waals surface area contributed by atoms with Crippen LogP contribution in [-0.2, 0) is 13.5 Å². The van der Waals surface area contributed by atoms with Gasteiger partial charge in [-0.1, -0.05) is 0 Å². The summed E-state index contributed by atoms with van der Waals surface area (Å²) in [7, 11) is 1.98. The fourth-order valence-electron chi connectivity index (χ4n) is 3.75. The molecule has 3 aromatic heterocycles. The van der Waals surface area contributed by atoms with E-state index >= 15 is 0 Å². The molecule has 144 valence electrons. The third-order valence-corrected chi connectivity index (χ3v) is 5.38. The molecule has 4 heterocycles. The first-order valence-corrected chi connectivity index (χ1v) is 9.60. The molecule has 3 aromatic rings. The first kappa shape index (κ1) is 18.3. The number of piperidine rings is 1. The van der Waals surface area contributed by atoms with Gasteiger partial charge in [-0.3, -0.25) is 14.8 Å². The topological polar surface area (TPSA) is 76.8 Å². The van der Waals surface area contributed by atoms with E-state index in [9.17, 15) is 4.79 Å². The van der Waals surface area contributed by atoms with E-state index in [1.165, 1.54) is 0 Å². The maximum Gasteiger partial charge on any atom is 0.255 e. The molecule has 4 rings (SSSR count). The first-order valence-electron chi connectivity index (χ1n) is 9.60. The predicted molar refractivity (Wildman–Crippen MR) is 106 cm³/mol. The van der Waals surface area contributed by atoms with E-state index in [0.717, 1.165) is 55.3 Å². The normalized spacial score (nSPS) is 16.9. The van der Waals surface area contributed by atoms with Gasteiger partial charge in [0.05, 0.1) is 29.3 Å². The Labute approximate surface area is 164 Å². The Kier molecular flexibility index (Phi) is 5.14. The van der Waals surface area contributed by atoms with Crippen LogP contribution in [0.15, 0.2) is 43.1 Å². The van der Waals surface area contributed by atoms with Gasteiger partial charge in [0.2, 0.25) is 0 Å². The number of pyridine rings is 1. The van der Waals surface area contributed by atoms with Crippen molar-refractivity contribution in [3.05, 3.63) is 60.2 Å².